The molecule has 1 saturated heterocycles. The summed E-state index contributed by atoms with van der Waals surface area (Å²) in [6.45, 7) is 4.50. The van der Waals surface area contributed by atoms with Gasteiger partial charge in [-0.1, -0.05) is 6.07 Å². The van der Waals surface area contributed by atoms with E-state index >= 15 is 0 Å². The number of rotatable bonds is 2. The Hall–Kier alpha value is -2.42. The van der Waals surface area contributed by atoms with Crippen LogP contribution in [0.4, 0.5) is 5.69 Å². The van der Waals surface area contributed by atoms with Crippen molar-refractivity contribution in [2.75, 3.05) is 13.1 Å². The normalized spacial score (nSPS) is 17.1. The summed E-state index contributed by atoms with van der Waals surface area (Å²) in [7, 11) is 0. The van der Waals surface area contributed by atoms with E-state index in [2.05, 4.69) is 6.07 Å². The maximum absolute atomic E-state index is 12.5. The fraction of sp³-hybridized carbons (Fsp3) is 0.467. The third-order valence-corrected chi connectivity index (χ3v) is 4.16. The molecule has 1 aliphatic heterocycles. The average Bonchev–Trinajstić information content (AvgIpc) is 2.47. The highest BCUT2D eigenvalue weighted by Gasteiger charge is 2.33. The summed E-state index contributed by atoms with van der Waals surface area (Å²) in [5, 5.41) is 20.0. The summed E-state index contributed by atoms with van der Waals surface area (Å²) in [6, 6.07) is 6.83. The molecule has 0 aliphatic carbocycles. The number of benzene rings is 1. The van der Waals surface area contributed by atoms with Crippen molar-refractivity contribution in [3.8, 4) is 6.07 Å². The number of carbonyl (C=O) groups excluding carboxylic acids is 1. The molecule has 0 radical (unpaired) electrons. The highest BCUT2D eigenvalue weighted by atomic mass is 16.6. The van der Waals surface area contributed by atoms with Gasteiger partial charge in [-0.05, 0) is 32.8 Å². The third-order valence-electron chi connectivity index (χ3n) is 4.16. The Morgan fingerprint density at radius 2 is 2.05 bits per heavy atom. The van der Waals surface area contributed by atoms with E-state index < -0.39 is 4.92 Å². The molecule has 6 nitrogen and oxygen atoms in total. The lowest BCUT2D eigenvalue weighted by Gasteiger charge is -2.35. The Kier molecular flexibility index (Phi) is 3.94. The second kappa shape index (κ2) is 5.52. The van der Waals surface area contributed by atoms with Gasteiger partial charge in [0.05, 0.1) is 16.4 Å². The monoisotopic (exact) mass is 287 g/mol. The zero-order valence-electron chi connectivity index (χ0n) is 12.1. The zero-order valence-corrected chi connectivity index (χ0v) is 12.1. The van der Waals surface area contributed by atoms with Gasteiger partial charge in [0, 0.05) is 30.3 Å². The van der Waals surface area contributed by atoms with E-state index in [9.17, 15) is 14.9 Å². The van der Waals surface area contributed by atoms with E-state index in [0.717, 1.165) is 0 Å². The molecule has 0 atom stereocenters. The molecule has 1 amide bonds. The van der Waals surface area contributed by atoms with Crippen molar-refractivity contribution >= 4 is 11.6 Å². The van der Waals surface area contributed by atoms with E-state index in [1.165, 1.54) is 12.1 Å². The van der Waals surface area contributed by atoms with Gasteiger partial charge in [0.2, 0.25) is 0 Å². The zero-order chi connectivity index (χ0) is 15.6. The van der Waals surface area contributed by atoms with Crippen molar-refractivity contribution in [3.63, 3.8) is 0 Å². The molecular weight excluding hydrogens is 270 g/mol. The van der Waals surface area contributed by atoms with Gasteiger partial charge in [-0.15, -0.1) is 0 Å². The quantitative estimate of drug-likeness (QED) is 0.618. The van der Waals surface area contributed by atoms with Gasteiger partial charge >= 0.3 is 0 Å². The first-order valence-corrected chi connectivity index (χ1v) is 6.82. The van der Waals surface area contributed by atoms with E-state index in [1.54, 1.807) is 17.9 Å². The predicted molar refractivity (Wildman–Crippen MR) is 76.7 cm³/mol. The molecule has 1 fully saturated rings. The van der Waals surface area contributed by atoms with Crippen LogP contribution in [0.25, 0.3) is 0 Å². The van der Waals surface area contributed by atoms with Crippen molar-refractivity contribution in [1.29, 1.82) is 5.26 Å². The molecule has 21 heavy (non-hydrogen) atoms. The summed E-state index contributed by atoms with van der Waals surface area (Å²) in [6.07, 6.45) is 1.26. The Labute approximate surface area is 123 Å². The summed E-state index contributed by atoms with van der Waals surface area (Å²) < 4.78 is 0. The van der Waals surface area contributed by atoms with Gasteiger partial charge in [-0.25, -0.2) is 0 Å². The van der Waals surface area contributed by atoms with Gasteiger partial charge in [0.1, 0.15) is 0 Å². The van der Waals surface area contributed by atoms with E-state index in [1.807, 2.05) is 6.92 Å². The third kappa shape index (κ3) is 2.87. The molecular formula is C15H17N3O3. The van der Waals surface area contributed by atoms with E-state index in [0.29, 0.717) is 37.1 Å². The minimum Gasteiger partial charge on any atom is -0.339 e. The molecule has 1 aromatic carbocycles. The first-order valence-electron chi connectivity index (χ1n) is 6.82. The lowest BCUT2D eigenvalue weighted by molar-refractivity contribution is -0.385. The Bertz CT molecular complexity index is 626. The molecule has 110 valence electrons. The van der Waals surface area contributed by atoms with Gasteiger partial charge in [-0.2, -0.15) is 5.26 Å². The number of piperidine rings is 1. The van der Waals surface area contributed by atoms with Crippen LogP contribution >= 0.6 is 0 Å². The molecule has 0 spiro atoms. The van der Waals surface area contributed by atoms with Crippen LogP contribution < -0.4 is 0 Å². The molecule has 0 unspecified atom stereocenters. The number of amides is 1. The van der Waals surface area contributed by atoms with Crippen LogP contribution in [0.15, 0.2) is 18.2 Å². The van der Waals surface area contributed by atoms with Crippen LogP contribution in [0, 0.1) is 33.8 Å². The second-order valence-electron chi connectivity index (χ2n) is 5.67. The number of likely N-dealkylation sites (tertiary alicyclic amines) is 1. The largest absolute Gasteiger partial charge is 0.339 e. The summed E-state index contributed by atoms with van der Waals surface area (Å²) in [5.74, 6) is -0.198. The van der Waals surface area contributed by atoms with Crippen LogP contribution in [-0.4, -0.2) is 28.8 Å². The first kappa shape index (κ1) is 15.0. The fourth-order valence-electron chi connectivity index (χ4n) is 2.54. The topological polar surface area (TPSA) is 87.2 Å². The smallest absolute Gasteiger partial charge is 0.273 e. The lowest BCUT2D eigenvalue weighted by atomic mass is 9.82. The van der Waals surface area contributed by atoms with Crippen molar-refractivity contribution in [3.05, 3.63) is 39.4 Å². The Balaban J connectivity index is 2.21. The molecule has 0 bridgehead atoms. The van der Waals surface area contributed by atoms with Gasteiger partial charge in [-0.3, -0.25) is 14.9 Å². The van der Waals surface area contributed by atoms with E-state index in [-0.39, 0.29) is 17.0 Å². The predicted octanol–water partition coefficient (Wildman–Crippen LogP) is 2.67. The maximum Gasteiger partial charge on any atom is 0.273 e. The van der Waals surface area contributed by atoms with Crippen LogP contribution in [-0.2, 0) is 0 Å². The molecule has 6 heteroatoms. The number of nitro benzene ring substituents is 1. The van der Waals surface area contributed by atoms with Gasteiger partial charge in [0.25, 0.3) is 11.6 Å². The summed E-state index contributed by atoms with van der Waals surface area (Å²) in [5.41, 5.74) is 0.333. The fourth-order valence-corrected chi connectivity index (χ4v) is 2.54. The van der Waals surface area contributed by atoms with Crippen molar-refractivity contribution in [2.24, 2.45) is 5.41 Å². The SMILES string of the molecule is Cc1c(C(=O)N2CCC(C)(C#N)CC2)cccc1[N+](=O)[O-]. The minimum atomic E-state index is -0.477. The second-order valence-corrected chi connectivity index (χ2v) is 5.67. The van der Waals surface area contributed by atoms with Crippen LogP contribution in [0.3, 0.4) is 0 Å². The summed E-state index contributed by atoms with van der Waals surface area (Å²) >= 11 is 0. The number of carbonyl (C=O) groups is 1. The average molecular weight is 287 g/mol. The van der Waals surface area contributed by atoms with Gasteiger partial charge in [0.15, 0.2) is 0 Å². The maximum atomic E-state index is 12.5. The van der Waals surface area contributed by atoms with Crippen molar-refractivity contribution in [2.45, 2.75) is 26.7 Å². The highest BCUT2D eigenvalue weighted by molar-refractivity contribution is 5.96. The molecule has 0 N–H and O–H groups in total. The Morgan fingerprint density at radius 3 is 2.57 bits per heavy atom. The molecule has 1 heterocycles. The molecule has 1 aromatic rings. The van der Waals surface area contributed by atoms with Crippen LogP contribution in [0.2, 0.25) is 0 Å². The number of hydrogen-bond acceptors (Lipinski definition) is 4. The number of nitriles is 1. The van der Waals surface area contributed by atoms with Crippen molar-refractivity contribution < 1.29 is 9.72 Å². The molecule has 2 rings (SSSR count). The number of nitrogens with zero attached hydrogens (tertiary/aromatic N) is 3. The first-order chi connectivity index (χ1) is 9.88. The standard InChI is InChI=1S/C15H17N3O3/c1-11-12(4-3-5-13(11)18(20)21)14(19)17-8-6-15(2,10-16)7-9-17/h3-5H,6-9H2,1-2H3. The minimum absolute atomic E-state index is 0.0419. The van der Waals surface area contributed by atoms with Gasteiger partial charge < -0.3 is 4.90 Å². The highest BCUT2D eigenvalue weighted by Crippen LogP contribution is 2.31. The van der Waals surface area contributed by atoms with Crippen molar-refractivity contribution in [1.82, 2.24) is 4.90 Å². The van der Waals surface area contributed by atoms with Crippen LogP contribution in [0.5, 0.6) is 0 Å². The molecule has 0 aromatic heterocycles. The number of hydrogen-bond donors (Lipinski definition) is 0. The molecule has 0 saturated carbocycles. The number of nitro groups is 1. The van der Waals surface area contributed by atoms with E-state index in [4.69, 9.17) is 5.26 Å². The van der Waals surface area contributed by atoms with Crippen LogP contribution in [0.1, 0.15) is 35.7 Å². The lowest BCUT2D eigenvalue weighted by Crippen LogP contribution is -2.41. The summed E-state index contributed by atoms with van der Waals surface area (Å²) in [4.78, 5) is 24.7. The molecule has 1 aliphatic rings. The Morgan fingerprint density at radius 1 is 1.43 bits per heavy atom.